The SMILES string of the molecule is CCNc1cc(OCC)nc(Nc2ccccc2OC)n1. The number of nitrogens with one attached hydrogen (secondary N) is 2. The van der Waals surface area contributed by atoms with Crippen LogP contribution in [0.5, 0.6) is 11.6 Å². The van der Waals surface area contributed by atoms with Crippen molar-refractivity contribution in [1.82, 2.24) is 9.97 Å². The Hall–Kier alpha value is -2.50. The Morgan fingerprint density at radius 2 is 1.95 bits per heavy atom. The minimum absolute atomic E-state index is 0.460. The summed E-state index contributed by atoms with van der Waals surface area (Å²) in [6.45, 7) is 5.26. The molecule has 112 valence electrons. The van der Waals surface area contributed by atoms with Gasteiger partial charge in [0.1, 0.15) is 11.6 Å². The van der Waals surface area contributed by atoms with Gasteiger partial charge in [0.25, 0.3) is 0 Å². The standard InChI is InChI=1S/C15H20N4O2/c1-4-16-13-10-14(21-5-2)19-15(18-13)17-11-8-6-7-9-12(11)20-3/h6-10H,4-5H2,1-3H3,(H2,16,17,18,19). The highest BCUT2D eigenvalue weighted by atomic mass is 16.5. The smallest absolute Gasteiger partial charge is 0.232 e. The Labute approximate surface area is 124 Å². The van der Waals surface area contributed by atoms with Crippen molar-refractivity contribution >= 4 is 17.5 Å². The first kappa shape index (κ1) is 14.9. The zero-order chi connectivity index (χ0) is 15.1. The molecule has 1 aromatic heterocycles. The van der Waals surface area contributed by atoms with E-state index in [1.54, 1.807) is 13.2 Å². The van der Waals surface area contributed by atoms with Gasteiger partial charge >= 0.3 is 0 Å². The molecule has 21 heavy (non-hydrogen) atoms. The summed E-state index contributed by atoms with van der Waals surface area (Å²) in [5.41, 5.74) is 0.802. The molecule has 0 spiro atoms. The first-order chi connectivity index (χ1) is 10.3. The van der Waals surface area contributed by atoms with Gasteiger partial charge in [-0.2, -0.15) is 9.97 Å². The summed E-state index contributed by atoms with van der Waals surface area (Å²) in [6, 6.07) is 9.39. The molecule has 6 heteroatoms. The highest BCUT2D eigenvalue weighted by Crippen LogP contribution is 2.27. The highest BCUT2D eigenvalue weighted by Gasteiger charge is 2.08. The van der Waals surface area contributed by atoms with E-state index in [1.165, 1.54) is 0 Å². The number of methoxy groups -OCH3 is 1. The number of ether oxygens (including phenoxy) is 2. The molecular weight excluding hydrogens is 268 g/mol. The molecule has 0 radical (unpaired) electrons. The second-order valence-corrected chi connectivity index (χ2v) is 4.20. The third-order valence-corrected chi connectivity index (χ3v) is 2.71. The number of hydrogen-bond acceptors (Lipinski definition) is 6. The average Bonchev–Trinajstić information content (AvgIpc) is 2.48. The van der Waals surface area contributed by atoms with E-state index in [-0.39, 0.29) is 0 Å². The van der Waals surface area contributed by atoms with Crippen LogP contribution in [0, 0.1) is 0 Å². The summed E-state index contributed by atoms with van der Waals surface area (Å²) in [5, 5.41) is 6.31. The third-order valence-electron chi connectivity index (χ3n) is 2.71. The van der Waals surface area contributed by atoms with Crippen LogP contribution in [0.25, 0.3) is 0 Å². The van der Waals surface area contributed by atoms with E-state index in [0.29, 0.717) is 24.3 Å². The Morgan fingerprint density at radius 1 is 1.14 bits per heavy atom. The Balaban J connectivity index is 2.29. The molecule has 2 aromatic rings. The maximum atomic E-state index is 5.47. The van der Waals surface area contributed by atoms with Crippen LogP contribution in [-0.4, -0.2) is 30.2 Å². The van der Waals surface area contributed by atoms with Gasteiger partial charge < -0.3 is 20.1 Å². The van der Waals surface area contributed by atoms with Crippen molar-refractivity contribution in [2.24, 2.45) is 0 Å². The quantitative estimate of drug-likeness (QED) is 0.816. The van der Waals surface area contributed by atoms with Crippen LogP contribution in [0.15, 0.2) is 30.3 Å². The Kier molecular flexibility index (Phi) is 5.20. The number of nitrogens with zero attached hydrogens (tertiary/aromatic N) is 2. The largest absolute Gasteiger partial charge is 0.495 e. The van der Waals surface area contributed by atoms with Gasteiger partial charge in [-0.3, -0.25) is 0 Å². The van der Waals surface area contributed by atoms with E-state index < -0.39 is 0 Å². The summed E-state index contributed by atoms with van der Waals surface area (Å²) in [7, 11) is 1.63. The van der Waals surface area contributed by atoms with E-state index in [2.05, 4.69) is 20.6 Å². The molecule has 0 aliphatic heterocycles. The maximum Gasteiger partial charge on any atom is 0.232 e. The van der Waals surface area contributed by atoms with Gasteiger partial charge in [-0.15, -0.1) is 0 Å². The number of anilines is 3. The number of hydrogen-bond donors (Lipinski definition) is 2. The maximum absolute atomic E-state index is 5.47. The zero-order valence-electron chi connectivity index (χ0n) is 12.5. The Morgan fingerprint density at radius 3 is 2.67 bits per heavy atom. The van der Waals surface area contributed by atoms with Gasteiger partial charge in [0.2, 0.25) is 11.8 Å². The van der Waals surface area contributed by atoms with Crippen molar-refractivity contribution in [3.8, 4) is 11.6 Å². The van der Waals surface area contributed by atoms with E-state index in [4.69, 9.17) is 9.47 Å². The van der Waals surface area contributed by atoms with E-state index in [9.17, 15) is 0 Å². The van der Waals surface area contributed by atoms with Crippen LogP contribution in [0.4, 0.5) is 17.5 Å². The van der Waals surface area contributed by atoms with Crippen molar-refractivity contribution in [2.75, 3.05) is 30.9 Å². The van der Waals surface area contributed by atoms with Crippen LogP contribution in [0.3, 0.4) is 0 Å². The number of benzene rings is 1. The van der Waals surface area contributed by atoms with Crippen molar-refractivity contribution in [3.63, 3.8) is 0 Å². The molecule has 2 rings (SSSR count). The molecule has 0 bridgehead atoms. The second kappa shape index (κ2) is 7.33. The third kappa shape index (κ3) is 3.98. The molecule has 0 saturated heterocycles. The summed E-state index contributed by atoms with van der Waals surface area (Å²) >= 11 is 0. The number of para-hydroxylation sites is 2. The minimum atomic E-state index is 0.460. The lowest BCUT2D eigenvalue weighted by Crippen LogP contribution is -2.06. The van der Waals surface area contributed by atoms with Gasteiger partial charge in [-0.25, -0.2) is 0 Å². The fourth-order valence-corrected chi connectivity index (χ4v) is 1.84. The summed E-state index contributed by atoms with van der Waals surface area (Å²) in [5.74, 6) is 2.43. The first-order valence-electron chi connectivity index (χ1n) is 6.92. The molecule has 6 nitrogen and oxygen atoms in total. The molecule has 0 unspecified atom stereocenters. The molecule has 0 fully saturated rings. The molecule has 2 N–H and O–H groups in total. The number of rotatable bonds is 7. The van der Waals surface area contributed by atoms with E-state index in [1.807, 2.05) is 38.1 Å². The van der Waals surface area contributed by atoms with Crippen LogP contribution < -0.4 is 20.1 Å². The van der Waals surface area contributed by atoms with Gasteiger partial charge in [0.15, 0.2) is 0 Å². The van der Waals surface area contributed by atoms with Gasteiger partial charge in [-0.05, 0) is 26.0 Å². The minimum Gasteiger partial charge on any atom is -0.495 e. The molecule has 0 aliphatic carbocycles. The van der Waals surface area contributed by atoms with E-state index in [0.717, 1.165) is 18.0 Å². The molecular formula is C15H20N4O2. The fraction of sp³-hybridized carbons (Fsp3) is 0.333. The average molecular weight is 288 g/mol. The first-order valence-corrected chi connectivity index (χ1v) is 6.92. The monoisotopic (exact) mass is 288 g/mol. The molecule has 0 atom stereocenters. The molecule has 1 heterocycles. The van der Waals surface area contributed by atoms with Crippen molar-refractivity contribution < 1.29 is 9.47 Å². The molecule has 1 aromatic carbocycles. The molecule has 0 amide bonds. The van der Waals surface area contributed by atoms with Crippen LogP contribution in [0.1, 0.15) is 13.8 Å². The second-order valence-electron chi connectivity index (χ2n) is 4.20. The Bertz CT molecular complexity index is 565. The summed E-state index contributed by atoms with van der Waals surface area (Å²) < 4.78 is 10.8. The number of aromatic nitrogens is 2. The summed E-state index contributed by atoms with van der Waals surface area (Å²) in [4.78, 5) is 8.74. The van der Waals surface area contributed by atoms with Crippen molar-refractivity contribution in [2.45, 2.75) is 13.8 Å². The fourth-order valence-electron chi connectivity index (χ4n) is 1.84. The normalized spacial score (nSPS) is 10.0. The van der Waals surface area contributed by atoms with Crippen LogP contribution in [-0.2, 0) is 0 Å². The van der Waals surface area contributed by atoms with Gasteiger partial charge in [0, 0.05) is 12.6 Å². The zero-order valence-corrected chi connectivity index (χ0v) is 12.5. The molecule has 0 saturated carbocycles. The highest BCUT2D eigenvalue weighted by molar-refractivity contribution is 5.63. The van der Waals surface area contributed by atoms with Gasteiger partial charge in [0.05, 0.1) is 19.4 Å². The van der Waals surface area contributed by atoms with Crippen molar-refractivity contribution in [3.05, 3.63) is 30.3 Å². The summed E-state index contributed by atoms with van der Waals surface area (Å²) in [6.07, 6.45) is 0. The predicted octanol–water partition coefficient (Wildman–Crippen LogP) is 3.06. The lowest BCUT2D eigenvalue weighted by Gasteiger charge is -2.12. The lowest BCUT2D eigenvalue weighted by molar-refractivity contribution is 0.327. The van der Waals surface area contributed by atoms with Crippen LogP contribution >= 0.6 is 0 Å². The van der Waals surface area contributed by atoms with Crippen molar-refractivity contribution in [1.29, 1.82) is 0 Å². The van der Waals surface area contributed by atoms with Gasteiger partial charge in [-0.1, -0.05) is 12.1 Å². The van der Waals surface area contributed by atoms with E-state index >= 15 is 0 Å². The topological polar surface area (TPSA) is 68.3 Å². The molecule has 0 aliphatic rings. The lowest BCUT2D eigenvalue weighted by atomic mass is 10.3. The predicted molar refractivity (Wildman–Crippen MR) is 83.6 cm³/mol. The van der Waals surface area contributed by atoms with Crippen LogP contribution in [0.2, 0.25) is 0 Å².